The standard InChI is InChI=1S/C21H26F3N7O4/c1-20(33,21(22,23)24)17(32)30(2)13-7-14(8-13)35-16-9-15(12-10-26-18(25)27-11-12)28-19(29-16)31-3-5-34-6-4-31/h9-11,13-14,33H,3-8H2,1-2H3,(H2,25,26,27)/t13-,14-,20-/m1/s1. The van der Waals surface area contributed by atoms with E-state index in [-0.39, 0.29) is 30.8 Å². The average Bonchev–Trinajstić information content (AvgIpc) is 2.80. The number of hydrogen-bond acceptors (Lipinski definition) is 10. The lowest BCUT2D eigenvalue weighted by Gasteiger charge is -2.42. The van der Waals surface area contributed by atoms with Crippen molar-refractivity contribution in [3.63, 3.8) is 0 Å². The van der Waals surface area contributed by atoms with E-state index < -0.39 is 23.7 Å². The van der Waals surface area contributed by atoms with Crippen LogP contribution in [0.2, 0.25) is 0 Å². The van der Waals surface area contributed by atoms with Gasteiger partial charge in [-0.3, -0.25) is 4.79 Å². The van der Waals surface area contributed by atoms with Crippen molar-refractivity contribution in [3.8, 4) is 17.1 Å². The highest BCUT2D eigenvalue weighted by Gasteiger charge is 2.58. The molecule has 0 spiro atoms. The largest absolute Gasteiger partial charge is 0.474 e. The van der Waals surface area contributed by atoms with Crippen molar-refractivity contribution in [1.29, 1.82) is 0 Å². The minimum absolute atomic E-state index is 0.122. The number of hydrogen-bond donors (Lipinski definition) is 2. The van der Waals surface area contributed by atoms with Crippen LogP contribution in [0.15, 0.2) is 18.5 Å². The molecular formula is C21H26F3N7O4. The highest BCUT2D eigenvalue weighted by molar-refractivity contribution is 5.85. The first-order chi connectivity index (χ1) is 16.5. The number of carbonyl (C=O) groups excluding carboxylic acids is 1. The van der Waals surface area contributed by atoms with Gasteiger partial charge in [-0.2, -0.15) is 18.2 Å². The normalized spacial score (nSPS) is 22.2. The molecule has 2 aromatic rings. The number of morpholine rings is 1. The van der Waals surface area contributed by atoms with Gasteiger partial charge in [0.05, 0.1) is 18.9 Å². The molecule has 4 rings (SSSR count). The van der Waals surface area contributed by atoms with Gasteiger partial charge in [0.1, 0.15) is 6.10 Å². The summed E-state index contributed by atoms with van der Waals surface area (Å²) >= 11 is 0. The Kier molecular flexibility index (Phi) is 6.68. The summed E-state index contributed by atoms with van der Waals surface area (Å²) in [5.41, 5.74) is 3.24. The Morgan fingerprint density at radius 3 is 2.46 bits per heavy atom. The Morgan fingerprint density at radius 2 is 1.86 bits per heavy atom. The summed E-state index contributed by atoms with van der Waals surface area (Å²) in [5, 5.41) is 9.67. The van der Waals surface area contributed by atoms with Crippen LogP contribution in [0.25, 0.3) is 11.3 Å². The summed E-state index contributed by atoms with van der Waals surface area (Å²) in [6.45, 7) is 2.70. The van der Waals surface area contributed by atoms with E-state index in [0.717, 1.165) is 4.90 Å². The molecule has 1 saturated heterocycles. The van der Waals surface area contributed by atoms with Gasteiger partial charge in [0.25, 0.3) is 5.91 Å². The van der Waals surface area contributed by atoms with Crippen molar-refractivity contribution in [1.82, 2.24) is 24.8 Å². The molecule has 190 valence electrons. The summed E-state index contributed by atoms with van der Waals surface area (Å²) in [4.78, 5) is 32.2. The van der Waals surface area contributed by atoms with E-state index in [0.29, 0.717) is 50.4 Å². The van der Waals surface area contributed by atoms with Crippen molar-refractivity contribution in [2.45, 2.75) is 43.7 Å². The molecule has 0 bridgehead atoms. The van der Waals surface area contributed by atoms with Crippen molar-refractivity contribution in [2.75, 3.05) is 44.0 Å². The van der Waals surface area contributed by atoms with Crippen LogP contribution in [0.1, 0.15) is 19.8 Å². The Morgan fingerprint density at radius 1 is 1.23 bits per heavy atom. The van der Waals surface area contributed by atoms with E-state index in [1.54, 1.807) is 6.07 Å². The molecule has 0 unspecified atom stereocenters. The van der Waals surface area contributed by atoms with Gasteiger partial charge >= 0.3 is 6.18 Å². The van der Waals surface area contributed by atoms with Crippen molar-refractivity contribution in [2.24, 2.45) is 0 Å². The molecule has 3 N–H and O–H groups in total. The number of nitrogens with two attached hydrogens (primary N) is 1. The van der Waals surface area contributed by atoms with Gasteiger partial charge in [-0.1, -0.05) is 0 Å². The fourth-order valence-electron chi connectivity index (χ4n) is 3.75. The fourth-order valence-corrected chi connectivity index (χ4v) is 3.75. The number of nitrogen functional groups attached to an aromatic ring is 1. The minimum Gasteiger partial charge on any atom is -0.474 e. The first kappa shape index (κ1) is 24.9. The zero-order chi connectivity index (χ0) is 25.4. The predicted octanol–water partition coefficient (Wildman–Crippen LogP) is 1.03. The van der Waals surface area contributed by atoms with E-state index in [1.165, 1.54) is 19.4 Å². The summed E-state index contributed by atoms with van der Waals surface area (Å²) < 4.78 is 50.4. The molecule has 0 aromatic carbocycles. The fraction of sp³-hybridized carbons (Fsp3) is 0.571. The third kappa shape index (κ3) is 5.22. The quantitative estimate of drug-likeness (QED) is 0.595. The molecule has 1 atom stereocenters. The van der Waals surface area contributed by atoms with Crippen molar-refractivity contribution < 1.29 is 32.5 Å². The molecular weight excluding hydrogens is 471 g/mol. The summed E-state index contributed by atoms with van der Waals surface area (Å²) in [7, 11) is 1.24. The van der Waals surface area contributed by atoms with E-state index >= 15 is 0 Å². The van der Waals surface area contributed by atoms with Gasteiger partial charge < -0.3 is 30.1 Å². The van der Waals surface area contributed by atoms with Crippen LogP contribution in [-0.4, -0.2) is 93.1 Å². The maximum Gasteiger partial charge on any atom is 0.426 e. The van der Waals surface area contributed by atoms with Gasteiger partial charge in [0, 0.05) is 63.0 Å². The number of likely N-dealkylation sites (N-methyl/N-ethyl adjacent to an activating group) is 1. The molecule has 0 radical (unpaired) electrons. The molecule has 1 aliphatic heterocycles. The van der Waals surface area contributed by atoms with Crippen molar-refractivity contribution in [3.05, 3.63) is 18.5 Å². The van der Waals surface area contributed by atoms with Crippen LogP contribution in [-0.2, 0) is 9.53 Å². The average molecular weight is 497 g/mol. The zero-order valence-corrected chi connectivity index (χ0v) is 19.2. The number of aromatic nitrogens is 4. The topological polar surface area (TPSA) is 140 Å². The van der Waals surface area contributed by atoms with E-state index in [4.69, 9.17) is 15.2 Å². The number of rotatable bonds is 6. The lowest BCUT2D eigenvalue weighted by Crippen LogP contribution is -2.60. The first-order valence-electron chi connectivity index (χ1n) is 11.0. The number of alkyl halides is 3. The third-order valence-electron chi connectivity index (χ3n) is 6.15. The molecule has 1 saturated carbocycles. The number of amides is 1. The molecule has 35 heavy (non-hydrogen) atoms. The lowest BCUT2D eigenvalue weighted by atomic mass is 9.87. The van der Waals surface area contributed by atoms with Crippen LogP contribution in [0, 0.1) is 0 Å². The Labute approximate surface area is 199 Å². The Bertz CT molecular complexity index is 1060. The second-order valence-electron chi connectivity index (χ2n) is 8.67. The Hall–Kier alpha value is -3.26. The maximum absolute atomic E-state index is 13.0. The molecule has 2 fully saturated rings. The first-order valence-corrected chi connectivity index (χ1v) is 11.0. The number of anilines is 2. The smallest absolute Gasteiger partial charge is 0.426 e. The van der Waals surface area contributed by atoms with Gasteiger partial charge in [-0.15, -0.1) is 0 Å². The summed E-state index contributed by atoms with van der Waals surface area (Å²) in [6, 6.07) is 1.11. The molecule has 3 heterocycles. The molecule has 2 aromatic heterocycles. The minimum atomic E-state index is -5.07. The van der Waals surface area contributed by atoms with Gasteiger partial charge in [-0.25, -0.2) is 15.0 Å². The Balaban J connectivity index is 1.48. The predicted molar refractivity (Wildman–Crippen MR) is 117 cm³/mol. The summed E-state index contributed by atoms with van der Waals surface area (Å²) in [6.07, 6.45) is -1.82. The van der Waals surface area contributed by atoms with Crippen LogP contribution >= 0.6 is 0 Å². The van der Waals surface area contributed by atoms with Crippen LogP contribution in [0.5, 0.6) is 5.88 Å². The van der Waals surface area contributed by atoms with Crippen LogP contribution < -0.4 is 15.4 Å². The van der Waals surface area contributed by atoms with Gasteiger partial charge in [0.15, 0.2) is 0 Å². The molecule has 1 amide bonds. The number of nitrogens with zero attached hydrogens (tertiary/aromatic N) is 6. The van der Waals surface area contributed by atoms with Crippen molar-refractivity contribution >= 4 is 17.8 Å². The van der Waals surface area contributed by atoms with E-state index in [9.17, 15) is 23.1 Å². The van der Waals surface area contributed by atoms with E-state index in [1.807, 2.05) is 4.90 Å². The monoisotopic (exact) mass is 497 g/mol. The number of halogens is 3. The number of ether oxygens (including phenoxy) is 2. The number of aliphatic hydroxyl groups is 1. The second-order valence-corrected chi connectivity index (χ2v) is 8.67. The van der Waals surface area contributed by atoms with E-state index in [2.05, 4.69) is 19.9 Å². The maximum atomic E-state index is 13.0. The highest BCUT2D eigenvalue weighted by atomic mass is 19.4. The number of carbonyl (C=O) groups is 1. The second kappa shape index (κ2) is 9.41. The summed E-state index contributed by atoms with van der Waals surface area (Å²) in [5.74, 6) is -0.581. The van der Waals surface area contributed by atoms with Crippen LogP contribution in [0.4, 0.5) is 25.1 Å². The molecule has 14 heteroatoms. The molecule has 1 aliphatic carbocycles. The highest BCUT2D eigenvalue weighted by Crippen LogP contribution is 2.35. The molecule has 2 aliphatic rings. The lowest BCUT2D eigenvalue weighted by molar-refractivity contribution is -0.251. The van der Waals surface area contributed by atoms with Gasteiger partial charge in [-0.05, 0) is 6.92 Å². The SMILES string of the molecule is CN(C(=O)[C@@](C)(O)C(F)(F)F)[C@H]1C[C@H](Oc2cc(-c3cnc(N)nc3)nc(N3CCOCC3)n2)C1. The third-order valence-corrected chi connectivity index (χ3v) is 6.15. The zero-order valence-electron chi connectivity index (χ0n) is 19.2. The van der Waals surface area contributed by atoms with Crippen LogP contribution in [0.3, 0.4) is 0 Å². The van der Waals surface area contributed by atoms with Gasteiger partial charge in [0.2, 0.25) is 23.4 Å². The molecule has 11 nitrogen and oxygen atoms in total.